The van der Waals surface area contributed by atoms with Gasteiger partial charge in [0, 0.05) is 6.04 Å². The highest BCUT2D eigenvalue weighted by Crippen LogP contribution is 2.33. The van der Waals surface area contributed by atoms with Crippen LogP contribution in [0.2, 0.25) is 0 Å². The number of ether oxygens (including phenoxy) is 1. The van der Waals surface area contributed by atoms with Crippen molar-refractivity contribution in [1.82, 2.24) is 5.32 Å². The first kappa shape index (κ1) is 13.7. The molecule has 0 amide bonds. The van der Waals surface area contributed by atoms with Gasteiger partial charge in [0.1, 0.15) is 6.61 Å². The number of hydrogen-bond donors (Lipinski definition) is 1. The minimum absolute atomic E-state index is 0.0269. The lowest BCUT2D eigenvalue weighted by Crippen LogP contribution is -2.36. The van der Waals surface area contributed by atoms with Gasteiger partial charge in [-0.25, -0.2) is 8.78 Å². The van der Waals surface area contributed by atoms with Crippen molar-refractivity contribution < 1.29 is 22.3 Å². The molecule has 0 aliphatic heterocycles. The normalized spacial score (nSPS) is 19.1. The van der Waals surface area contributed by atoms with Crippen molar-refractivity contribution in [2.24, 2.45) is 5.92 Å². The lowest BCUT2D eigenvalue weighted by atomic mass is 10.1. The Morgan fingerprint density at radius 3 is 2.44 bits per heavy atom. The second-order valence-corrected chi connectivity index (χ2v) is 4.24. The lowest BCUT2D eigenvalue weighted by Gasteiger charge is -2.19. The van der Waals surface area contributed by atoms with Crippen LogP contribution in [-0.4, -0.2) is 38.7 Å². The molecule has 1 unspecified atom stereocenters. The van der Waals surface area contributed by atoms with E-state index in [4.69, 9.17) is 0 Å². The van der Waals surface area contributed by atoms with Crippen LogP contribution in [0.15, 0.2) is 0 Å². The molecule has 0 aromatic carbocycles. The molecule has 0 heterocycles. The van der Waals surface area contributed by atoms with Gasteiger partial charge in [0.15, 0.2) is 0 Å². The summed E-state index contributed by atoms with van der Waals surface area (Å²) in [5.74, 6) is -3.41. The van der Waals surface area contributed by atoms with Gasteiger partial charge in [0.25, 0.3) is 0 Å². The fraction of sp³-hybridized carbons (Fsp3) is 1.00. The zero-order chi connectivity index (χ0) is 12.2. The number of nitrogens with one attached hydrogen (secondary N) is 1. The first-order chi connectivity index (χ1) is 7.45. The van der Waals surface area contributed by atoms with Crippen LogP contribution in [0.1, 0.15) is 19.3 Å². The Bertz CT molecular complexity index is 209. The van der Waals surface area contributed by atoms with Crippen molar-refractivity contribution in [3.63, 3.8) is 0 Å². The van der Waals surface area contributed by atoms with Crippen molar-refractivity contribution in [1.29, 1.82) is 0 Å². The van der Waals surface area contributed by atoms with Gasteiger partial charge in [-0.2, -0.15) is 8.78 Å². The van der Waals surface area contributed by atoms with E-state index < -0.39 is 19.0 Å². The van der Waals surface area contributed by atoms with Crippen molar-refractivity contribution in [2.75, 3.05) is 20.3 Å². The molecule has 96 valence electrons. The zero-order valence-electron chi connectivity index (χ0n) is 9.19. The summed E-state index contributed by atoms with van der Waals surface area (Å²) >= 11 is 0. The van der Waals surface area contributed by atoms with Gasteiger partial charge in [0.2, 0.25) is 0 Å². The molecule has 0 saturated heterocycles. The van der Waals surface area contributed by atoms with Crippen molar-refractivity contribution in [3.8, 4) is 0 Å². The summed E-state index contributed by atoms with van der Waals surface area (Å²) in [6.45, 7) is -1.16. The molecular formula is C10H17F4NO. The van der Waals surface area contributed by atoms with E-state index in [1.165, 1.54) is 0 Å². The van der Waals surface area contributed by atoms with Gasteiger partial charge in [-0.1, -0.05) is 12.8 Å². The summed E-state index contributed by atoms with van der Waals surface area (Å²) in [6.07, 6.45) is -0.489. The van der Waals surface area contributed by atoms with E-state index in [2.05, 4.69) is 10.1 Å². The first-order valence-electron chi connectivity index (χ1n) is 5.36. The Kier molecular flexibility index (Phi) is 4.98. The maximum absolute atomic E-state index is 12.5. The first-order valence-corrected chi connectivity index (χ1v) is 5.36. The molecule has 16 heavy (non-hydrogen) atoms. The summed E-state index contributed by atoms with van der Waals surface area (Å²) in [5.41, 5.74) is 0. The molecule has 1 atom stereocenters. The molecule has 1 N–H and O–H groups in total. The van der Waals surface area contributed by atoms with Gasteiger partial charge >= 0.3 is 12.3 Å². The van der Waals surface area contributed by atoms with Crippen LogP contribution in [0, 0.1) is 5.92 Å². The summed E-state index contributed by atoms with van der Waals surface area (Å²) in [5, 5.41) is 2.93. The number of alkyl halides is 4. The molecule has 0 radical (unpaired) electrons. The number of likely N-dealkylation sites (N-methyl/N-ethyl adjacent to an activating group) is 1. The fourth-order valence-electron chi connectivity index (χ4n) is 1.43. The van der Waals surface area contributed by atoms with Gasteiger partial charge in [-0.15, -0.1) is 0 Å². The lowest BCUT2D eigenvalue weighted by molar-refractivity contribution is -0.167. The van der Waals surface area contributed by atoms with E-state index in [1.54, 1.807) is 7.05 Å². The summed E-state index contributed by atoms with van der Waals surface area (Å²) in [6, 6.07) is -0.0269. The standard InChI is InChI=1S/C10H17F4NO/c1-15-8(4-7-2-3-7)5-16-6-10(13,14)9(11)12/h7-9,15H,2-6H2,1H3. The second-order valence-electron chi connectivity index (χ2n) is 4.24. The van der Waals surface area contributed by atoms with Crippen LogP contribution >= 0.6 is 0 Å². The number of rotatable bonds is 8. The predicted octanol–water partition coefficient (Wildman–Crippen LogP) is 2.29. The molecule has 1 aliphatic rings. The van der Waals surface area contributed by atoms with Crippen molar-refractivity contribution in [3.05, 3.63) is 0 Å². The van der Waals surface area contributed by atoms with E-state index in [0.717, 1.165) is 19.3 Å². The van der Waals surface area contributed by atoms with E-state index in [9.17, 15) is 17.6 Å². The smallest absolute Gasteiger partial charge is 0.330 e. The molecule has 0 spiro atoms. The van der Waals surface area contributed by atoms with Crippen LogP contribution in [0.5, 0.6) is 0 Å². The Hall–Kier alpha value is -0.360. The van der Waals surface area contributed by atoms with Gasteiger partial charge in [0.05, 0.1) is 6.61 Å². The predicted molar refractivity (Wildman–Crippen MR) is 52.0 cm³/mol. The third-order valence-electron chi connectivity index (χ3n) is 2.66. The van der Waals surface area contributed by atoms with Crippen LogP contribution in [0.25, 0.3) is 0 Å². The summed E-state index contributed by atoms with van der Waals surface area (Å²) in [4.78, 5) is 0. The minimum Gasteiger partial charge on any atom is -0.373 e. The molecular weight excluding hydrogens is 226 g/mol. The topological polar surface area (TPSA) is 21.3 Å². The average molecular weight is 243 g/mol. The molecule has 1 fully saturated rings. The highest BCUT2D eigenvalue weighted by atomic mass is 19.3. The molecule has 0 aromatic rings. The average Bonchev–Trinajstić information content (AvgIpc) is 2.99. The highest BCUT2D eigenvalue weighted by molar-refractivity contribution is 4.79. The molecule has 2 nitrogen and oxygen atoms in total. The summed E-state index contributed by atoms with van der Waals surface area (Å²) in [7, 11) is 1.71. The van der Waals surface area contributed by atoms with Crippen LogP contribution in [-0.2, 0) is 4.74 Å². The maximum Gasteiger partial charge on any atom is 0.330 e. The monoisotopic (exact) mass is 243 g/mol. The van der Waals surface area contributed by atoms with Gasteiger partial charge in [-0.3, -0.25) is 0 Å². The van der Waals surface area contributed by atoms with E-state index >= 15 is 0 Å². The number of halogens is 4. The van der Waals surface area contributed by atoms with Gasteiger partial charge < -0.3 is 10.1 Å². The molecule has 1 rings (SSSR count). The quantitative estimate of drug-likeness (QED) is 0.660. The molecule has 0 aromatic heterocycles. The van der Waals surface area contributed by atoms with E-state index in [1.807, 2.05) is 0 Å². The summed E-state index contributed by atoms with van der Waals surface area (Å²) < 4.78 is 53.2. The van der Waals surface area contributed by atoms with Crippen LogP contribution in [0.3, 0.4) is 0 Å². The van der Waals surface area contributed by atoms with Crippen LogP contribution in [0.4, 0.5) is 17.6 Å². The highest BCUT2D eigenvalue weighted by Gasteiger charge is 2.41. The molecule has 1 aliphatic carbocycles. The second kappa shape index (κ2) is 5.82. The number of hydrogen-bond acceptors (Lipinski definition) is 2. The Morgan fingerprint density at radius 2 is 2.00 bits per heavy atom. The third kappa shape index (κ3) is 4.65. The molecule has 1 saturated carbocycles. The van der Waals surface area contributed by atoms with Gasteiger partial charge in [-0.05, 0) is 19.4 Å². The zero-order valence-corrected chi connectivity index (χ0v) is 9.19. The van der Waals surface area contributed by atoms with E-state index in [0.29, 0.717) is 5.92 Å². The fourth-order valence-corrected chi connectivity index (χ4v) is 1.43. The molecule has 0 bridgehead atoms. The Labute approximate surface area is 92.3 Å². The Morgan fingerprint density at radius 1 is 1.38 bits per heavy atom. The van der Waals surface area contributed by atoms with Crippen molar-refractivity contribution in [2.45, 2.75) is 37.7 Å². The Balaban J connectivity index is 2.16. The SMILES string of the molecule is CNC(COCC(F)(F)C(F)F)CC1CC1. The van der Waals surface area contributed by atoms with E-state index in [-0.39, 0.29) is 12.6 Å². The molecule has 6 heteroatoms. The van der Waals surface area contributed by atoms with Crippen LogP contribution < -0.4 is 5.32 Å². The van der Waals surface area contributed by atoms with Crippen molar-refractivity contribution >= 4 is 0 Å². The largest absolute Gasteiger partial charge is 0.373 e. The third-order valence-corrected chi connectivity index (χ3v) is 2.66. The maximum atomic E-state index is 12.5. The minimum atomic E-state index is -4.04.